The summed E-state index contributed by atoms with van der Waals surface area (Å²) < 4.78 is 0. The van der Waals surface area contributed by atoms with E-state index in [4.69, 9.17) is 5.11 Å². The highest BCUT2D eigenvalue weighted by molar-refractivity contribution is 6.10. The number of rotatable bonds is 1. The average Bonchev–Trinajstić information content (AvgIpc) is 2.82. The number of carboxylic acids is 1. The second-order valence-corrected chi connectivity index (χ2v) is 3.31. The fourth-order valence-corrected chi connectivity index (χ4v) is 1.78. The molecule has 0 radical (unpaired) electrons. The number of hydrogen-bond donors (Lipinski definition) is 3. The number of carbonyl (C=O) groups is 1. The summed E-state index contributed by atoms with van der Waals surface area (Å²) in [7, 11) is 0. The van der Waals surface area contributed by atoms with Crippen molar-refractivity contribution >= 4 is 27.8 Å². The first kappa shape index (κ1) is 8.05. The van der Waals surface area contributed by atoms with Crippen LogP contribution in [-0.2, 0) is 0 Å². The van der Waals surface area contributed by atoms with E-state index in [1.54, 1.807) is 6.07 Å². The van der Waals surface area contributed by atoms with Crippen molar-refractivity contribution in [1.82, 2.24) is 15.2 Å². The van der Waals surface area contributed by atoms with E-state index >= 15 is 0 Å². The lowest BCUT2D eigenvalue weighted by atomic mass is 10.1. The zero-order valence-electron chi connectivity index (χ0n) is 7.61. The third-order valence-electron chi connectivity index (χ3n) is 2.47. The summed E-state index contributed by atoms with van der Waals surface area (Å²) in [5.41, 5.74) is 1.67. The van der Waals surface area contributed by atoms with Gasteiger partial charge >= 0.3 is 5.97 Å². The molecule has 1 aromatic carbocycles. The van der Waals surface area contributed by atoms with Gasteiger partial charge in [-0.3, -0.25) is 5.10 Å². The first-order valence-corrected chi connectivity index (χ1v) is 4.45. The number of benzene rings is 1. The molecular formula is C10H7N3O2. The van der Waals surface area contributed by atoms with E-state index in [1.807, 2.05) is 18.3 Å². The lowest BCUT2D eigenvalue weighted by Gasteiger charge is -1.92. The van der Waals surface area contributed by atoms with Crippen molar-refractivity contribution in [3.63, 3.8) is 0 Å². The van der Waals surface area contributed by atoms with Crippen LogP contribution in [0.2, 0.25) is 0 Å². The number of nitrogens with one attached hydrogen (secondary N) is 2. The fraction of sp³-hybridized carbons (Fsp3) is 0. The van der Waals surface area contributed by atoms with E-state index in [9.17, 15) is 4.79 Å². The quantitative estimate of drug-likeness (QED) is 0.560. The molecule has 3 aromatic rings. The Morgan fingerprint density at radius 2 is 2.13 bits per heavy atom. The second-order valence-electron chi connectivity index (χ2n) is 3.31. The summed E-state index contributed by atoms with van der Waals surface area (Å²) in [5.74, 6) is -1.02. The number of carboxylic acid groups (broad SMARTS) is 1. The van der Waals surface area contributed by atoms with Gasteiger partial charge in [-0.25, -0.2) is 4.79 Å². The summed E-state index contributed by atoms with van der Waals surface area (Å²) in [6.07, 6.45) is 1.81. The first-order valence-electron chi connectivity index (χ1n) is 4.45. The summed E-state index contributed by atoms with van der Waals surface area (Å²) in [4.78, 5) is 13.9. The molecule has 0 amide bonds. The highest BCUT2D eigenvalue weighted by atomic mass is 16.4. The third kappa shape index (κ3) is 0.969. The third-order valence-corrected chi connectivity index (χ3v) is 2.47. The lowest BCUT2D eigenvalue weighted by molar-refractivity contribution is 0.0692. The Morgan fingerprint density at radius 3 is 2.93 bits per heavy atom. The number of hydrogen-bond acceptors (Lipinski definition) is 2. The molecule has 0 fully saturated rings. The van der Waals surface area contributed by atoms with Gasteiger partial charge in [-0.15, -0.1) is 0 Å². The molecule has 0 saturated heterocycles. The molecular weight excluding hydrogens is 194 g/mol. The number of aromatic nitrogens is 3. The zero-order valence-corrected chi connectivity index (χ0v) is 7.61. The monoisotopic (exact) mass is 201 g/mol. The van der Waals surface area contributed by atoms with E-state index < -0.39 is 5.97 Å². The van der Waals surface area contributed by atoms with Crippen LogP contribution < -0.4 is 0 Å². The van der Waals surface area contributed by atoms with Crippen molar-refractivity contribution in [1.29, 1.82) is 0 Å². The van der Waals surface area contributed by atoms with Crippen molar-refractivity contribution in [2.45, 2.75) is 0 Å². The molecule has 0 atom stereocenters. The molecule has 5 nitrogen and oxygen atoms in total. The molecule has 3 rings (SSSR count). The van der Waals surface area contributed by atoms with Crippen LogP contribution in [-0.4, -0.2) is 26.3 Å². The van der Waals surface area contributed by atoms with E-state index in [0.29, 0.717) is 5.39 Å². The number of H-pyrrole nitrogens is 2. The molecule has 3 N–H and O–H groups in total. The van der Waals surface area contributed by atoms with Crippen molar-refractivity contribution in [3.8, 4) is 0 Å². The van der Waals surface area contributed by atoms with Crippen LogP contribution in [0.15, 0.2) is 24.4 Å². The fourth-order valence-electron chi connectivity index (χ4n) is 1.78. The maximum Gasteiger partial charge on any atom is 0.357 e. The van der Waals surface area contributed by atoms with Crippen LogP contribution in [0, 0.1) is 0 Å². The predicted octanol–water partition coefficient (Wildman–Crippen LogP) is 1.74. The van der Waals surface area contributed by atoms with Crippen molar-refractivity contribution in [2.75, 3.05) is 0 Å². The Bertz CT molecular complexity index is 665. The van der Waals surface area contributed by atoms with Gasteiger partial charge in [0.15, 0.2) is 5.69 Å². The maximum absolute atomic E-state index is 10.9. The van der Waals surface area contributed by atoms with Crippen LogP contribution in [0.4, 0.5) is 0 Å². The molecule has 0 unspecified atom stereocenters. The van der Waals surface area contributed by atoms with Crippen LogP contribution in [0.5, 0.6) is 0 Å². The van der Waals surface area contributed by atoms with Crippen molar-refractivity contribution in [3.05, 3.63) is 30.1 Å². The predicted molar refractivity (Wildman–Crippen MR) is 54.9 cm³/mol. The van der Waals surface area contributed by atoms with Gasteiger partial charge in [0, 0.05) is 17.0 Å². The molecule has 0 bridgehead atoms. The molecule has 5 heteroatoms. The zero-order chi connectivity index (χ0) is 10.4. The standard InChI is InChI=1S/C10H7N3O2/c14-10(15)9-6-2-1-5-3-4-11-7(5)8(6)12-13-9/h1-4,11H,(H,12,13)(H,14,15). The SMILES string of the molecule is O=C(O)c1n[nH]c2c1ccc1cc[nH]c12. The van der Waals surface area contributed by atoms with Gasteiger partial charge in [-0.2, -0.15) is 5.10 Å². The average molecular weight is 201 g/mol. The Balaban J connectivity index is 2.51. The molecule has 0 aliphatic rings. The summed E-state index contributed by atoms with van der Waals surface area (Å²) in [5, 5.41) is 17.1. The molecule has 0 aliphatic carbocycles. The Hall–Kier alpha value is -2.30. The van der Waals surface area contributed by atoms with E-state index in [0.717, 1.165) is 16.4 Å². The Labute approximate surface area is 83.7 Å². The van der Waals surface area contributed by atoms with Gasteiger partial charge in [0.1, 0.15) is 0 Å². The minimum Gasteiger partial charge on any atom is -0.476 e. The number of aromatic carboxylic acids is 1. The minimum absolute atomic E-state index is 0.0569. The number of aromatic amines is 2. The number of fused-ring (bicyclic) bond motifs is 3. The second kappa shape index (κ2) is 2.60. The highest BCUT2D eigenvalue weighted by Crippen LogP contribution is 2.24. The molecule has 0 spiro atoms. The normalized spacial score (nSPS) is 11.2. The molecule has 15 heavy (non-hydrogen) atoms. The van der Waals surface area contributed by atoms with E-state index in [2.05, 4.69) is 15.2 Å². The van der Waals surface area contributed by atoms with Crippen LogP contribution in [0.25, 0.3) is 21.8 Å². The van der Waals surface area contributed by atoms with Crippen molar-refractivity contribution in [2.24, 2.45) is 0 Å². The smallest absolute Gasteiger partial charge is 0.357 e. The maximum atomic E-state index is 10.9. The molecule has 2 aromatic heterocycles. The topological polar surface area (TPSA) is 81.8 Å². The highest BCUT2D eigenvalue weighted by Gasteiger charge is 2.14. The first-order chi connectivity index (χ1) is 7.27. The summed E-state index contributed by atoms with van der Waals surface area (Å²) in [6, 6.07) is 5.56. The van der Waals surface area contributed by atoms with Gasteiger partial charge < -0.3 is 10.1 Å². The minimum atomic E-state index is -1.02. The Kier molecular flexibility index (Phi) is 1.39. The van der Waals surface area contributed by atoms with E-state index in [-0.39, 0.29) is 5.69 Å². The van der Waals surface area contributed by atoms with Crippen LogP contribution >= 0.6 is 0 Å². The van der Waals surface area contributed by atoms with Crippen molar-refractivity contribution < 1.29 is 9.90 Å². The molecule has 0 aliphatic heterocycles. The molecule has 2 heterocycles. The van der Waals surface area contributed by atoms with Gasteiger partial charge in [-0.1, -0.05) is 6.07 Å². The molecule has 74 valence electrons. The van der Waals surface area contributed by atoms with Crippen LogP contribution in [0.3, 0.4) is 0 Å². The molecule has 0 saturated carbocycles. The number of nitrogens with zero attached hydrogens (tertiary/aromatic N) is 1. The van der Waals surface area contributed by atoms with E-state index in [1.165, 1.54) is 0 Å². The Morgan fingerprint density at radius 1 is 1.27 bits per heavy atom. The largest absolute Gasteiger partial charge is 0.476 e. The van der Waals surface area contributed by atoms with Gasteiger partial charge in [0.05, 0.1) is 11.0 Å². The lowest BCUT2D eigenvalue weighted by Crippen LogP contribution is -1.96. The van der Waals surface area contributed by atoms with Gasteiger partial charge in [0.2, 0.25) is 0 Å². The summed E-state index contributed by atoms with van der Waals surface area (Å²) in [6.45, 7) is 0. The summed E-state index contributed by atoms with van der Waals surface area (Å²) >= 11 is 0. The van der Waals surface area contributed by atoms with Gasteiger partial charge in [-0.05, 0) is 12.1 Å². The van der Waals surface area contributed by atoms with Crippen LogP contribution in [0.1, 0.15) is 10.5 Å². The van der Waals surface area contributed by atoms with Gasteiger partial charge in [0.25, 0.3) is 0 Å².